The van der Waals surface area contributed by atoms with Gasteiger partial charge in [0.1, 0.15) is 13.3 Å². The third-order valence-corrected chi connectivity index (χ3v) is 8.18. The van der Waals surface area contributed by atoms with Gasteiger partial charge >= 0.3 is 0 Å². The fourth-order valence-electron chi connectivity index (χ4n) is 6.22. The first-order chi connectivity index (χ1) is 20.2. The Morgan fingerprint density at radius 1 is 0.878 bits per heavy atom. The molecule has 3 heterocycles. The van der Waals surface area contributed by atoms with Crippen LogP contribution < -0.4 is 15.2 Å². The third-order valence-electron chi connectivity index (χ3n) is 8.18. The number of rotatable bonds is 3. The largest absolute Gasteiger partial charge is 0.482 e. The Balaban J connectivity index is 1.45. The molecule has 1 amide bonds. The van der Waals surface area contributed by atoms with Crippen molar-refractivity contribution in [3.63, 3.8) is 0 Å². The van der Waals surface area contributed by atoms with Crippen molar-refractivity contribution in [2.75, 3.05) is 31.4 Å². The van der Waals surface area contributed by atoms with Gasteiger partial charge in [-0.1, -0.05) is 84.9 Å². The molecule has 0 saturated carbocycles. The average Bonchev–Trinajstić information content (AvgIpc) is 3.17. The number of ether oxygens (including phenoxy) is 2. The summed E-state index contributed by atoms with van der Waals surface area (Å²) in [7, 11) is 0. The molecule has 0 spiro atoms. The molecule has 0 saturated heterocycles. The second kappa shape index (κ2) is 10.7. The van der Waals surface area contributed by atoms with Crippen molar-refractivity contribution in [3.05, 3.63) is 140 Å². The molecule has 0 unspecified atom stereocenters. The number of carbonyl (C=O) groups excluding carboxylic acids is 1. The van der Waals surface area contributed by atoms with Gasteiger partial charge in [-0.2, -0.15) is 0 Å². The van der Waals surface area contributed by atoms with Crippen LogP contribution in [0, 0.1) is 0 Å². The highest BCUT2D eigenvalue weighted by molar-refractivity contribution is 5.96. The molecule has 0 radical (unpaired) electrons. The molecule has 3 aromatic carbocycles. The third kappa shape index (κ3) is 4.62. The Kier molecular flexibility index (Phi) is 6.65. The van der Waals surface area contributed by atoms with Gasteiger partial charge in [0.05, 0.1) is 19.3 Å². The predicted molar refractivity (Wildman–Crippen MR) is 158 cm³/mol. The minimum absolute atomic E-state index is 0.0689. The summed E-state index contributed by atoms with van der Waals surface area (Å²) in [5.41, 5.74) is 6.94. The van der Waals surface area contributed by atoms with Crippen LogP contribution >= 0.6 is 0 Å². The lowest BCUT2D eigenvalue weighted by Gasteiger charge is -2.45. The zero-order valence-corrected chi connectivity index (χ0v) is 22.7. The summed E-state index contributed by atoms with van der Waals surface area (Å²) < 4.78 is 13.9. The molecule has 206 valence electrons. The number of hydrogen-bond acceptors (Lipinski definition) is 5. The van der Waals surface area contributed by atoms with E-state index >= 15 is 0 Å². The monoisotopic (exact) mass is 545 g/mol. The van der Waals surface area contributed by atoms with Gasteiger partial charge in [0.25, 0.3) is 5.91 Å². The predicted octanol–water partition coefficient (Wildman–Crippen LogP) is 4.71. The van der Waals surface area contributed by atoms with E-state index in [1.54, 1.807) is 11.1 Å². The number of amides is 1. The lowest BCUT2D eigenvalue weighted by Crippen LogP contribution is -2.56. The number of fused-ring (bicyclic) bond motifs is 7. The number of aromatic nitrogens is 1. The fraction of sp³-hybridized carbons (Fsp3) is 0.235. The van der Waals surface area contributed by atoms with Crippen molar-refractivity contribution in [2.24, 2.45) is 0 Å². The van der Waals surface area contributed by atoms with E-state index in [1.165, 1.54) is 28.3 Å². The smallest absolute Gasteiger partial charge is 0.277 e. The van der Waals surface area contributed by atoms with Gasteiger partial charge in [0.2, 0.25) is 5.43 Å². The highest BCUT2D eigenvalue weighted by Crippen LogP contribution is 2.40. The summed E-state index contributed by atoms with van der Waals surface area (Å²) >= 11 is 0. The topological polar surface area (TPSA) is 64.0 Å². The van der Waals surface area contributed by atoms with E-state index in [1.807, 2.05) is 41.1 Å². The molecule has 1 aromatic heterocycles. The first-order valence-corrected chi connectivity index (χ1v) is 14.1. The maximum Gasteiger partial charge on any atom is 0.277 e. The Labute approximate surface area is 238 Å². The normalized spacial score (nSPS) is 18.6. The van der Waals surface area contributed by atoms with E-state index in [-0.39, 0.29) is 35.4 Å². The number of carbonyl (C=O) groups is 1. The van der Waals surface area contributed by atoms with Gasteiger partial charge in [-0.3, -0.25) is 19.3 Å². The number of aryl methyl sites for hydroxylation is 2. The van der Waals surface area contributed by atoms with Crippen molar-refractivity contribution >= 4 is 12.0 Å². The van der Waals surface area contributed by atoms with E-state index in [9.17, 15) is 9.59 Å². The Hall–Kier alpha value is -4.62. The van der Waals surface area contributed by atoms with E-state index in [0.29, 0.717) is 26.4 Å². The minimum Gasteiger partial charge on any atom is -0.482 e. The van der Waals surface area contributed by atoms with Crippen LogP contribution in [0.15, 0.2) is 95.9 Å². The van der Waals surface area contributed by atoms with Gasteiger partial charge in [-0.05, 0) is 46.2 Å². The van der Waals surface area contributed by atoms with Crippen molar-refractivity contribution in [3.8, 4) is 5.75 Å². The number of nitrogens with zero attached hydrogens (tertiary/aromatic N) is 3. The SMILES string of the molecule is O=C1c2c(OCc3ccccc3)c(=O)ccn2N2CN1CCOC/C=C\c1cccc3c1[C@H]2c1ccccc1CC3. The van der Waals surface area contributed by atoms with Gasteiger partial charge in [-0.25, -0.2) is 0 Å². The molecule has 7 rings (SSSR count). The molecule has 41 heavy (non-hydrogen) atoms. The first kappa shape index (κ1) is 25.4. The van der Waals surface area contributed by atoms with Crippen molar-refractivity contribution < 1.29 is 14.3 Å². The lowest BCUT2D eigenvalue weighted by atomic mass is 9.90. The van der Waals surface area contributed by atoms with Crippen molar-refractivity contribution in [2.45, 2.75) is 25.5 Å². The molecule has 7 heteroatoms. The van der Waals surface area contributed by atoms with Crippen LogP contribution in [-0.4, -0.2) is 41.9 Å². The van der Waals surface area contributed by atoms with E-state index in [2.05, 4.69) is 53.5 Å². The van der Waals surface area contributed by atoms with Crippen LogP contribution in [0.1, 0.15) is 49.9 Å². The van der Waals surface area contributed by atoms with Gasteiger partial charge in [0, 0.05) is 18.8 Å². The van der Waals surface area contributed by atoms with Crippen LogP contribution in [0.25, 0.3) is 6.08 Å². The summed E-state index contributed by atoms with van der Waals surface area (Å²) in [6, 6.07) is 26.0. The number of hydrogen-bond donors (Lipinski definition) is 0. The van der Waals surface area contributed by atoms with Gasteiger partial charge < -0.3 is 14.4 Å². The molecule has 2 aliphatic heterocycles. The summed E-state index contributed by atoms with van der Waals surface area (Å²) in [5, 5.41) is 2.20. The molecule has 1 atom stereocenters. The van der Waals surface area contributed by atoms with E-state index < -0.39 is 0 Å². The van der Waals surface area contributed by atoms with Crippen molar-refractivity contribution in [1.82, 2.24) is 9.58 Å². The zero-order valence-electron chi connectivity index (χ0n) is 22.7. The van der Waals surface area contributed by atoms with Gasteiger partial charge in [-0.15, -0.1) is 0 Å². The zero-order chi connectivity index (χ0) is 27.8. The molecule has 2 bridgehead atoms. The van der Waals surface area contributed by atoms with E-state index in [4.69, 9.17) is 9.47 Å². The van der Waals surface area contributed by atoms with E-state index in [0.717, 1.165) is 24.0 Å². The fourth-order valence-corrected chi connectivity index (χ4v) is 6.22. The maximum atomic E-state index is 14.1. The Morgan fingerprint density at radius 3 is 2.59 bits per heavy atom. The molecule has 4 aromatic rings. The van der Waals surface area contributed by atoms with Crippen LogP contribution in [-0.2, 0) is 24.2 Å². The average molecular weight is 546 g/mol. The van der Waals surface area contributed by atoms with Crippen LogP contribution in [0.4, 0.5) is 0 Å². The molecular weight excluding hydrogens is 514 g/mol. The van der Waals surface area contributed by atoms with Crippen LogP contribution in [0.3, 0.4) is 0 Å². The quantitative estimate of drug-likeness (QED) is 0.373. The van der Waals surface area contributed by atoms with Crippen molar-refractivity contribution in [1.29, 1.82) is 0 Å². The minimum atomic E-state index is -0.315. The summed E-state index contributed by atoms with van der Waals surface area (Å²) in [5.74, 6) is -0.173. The lowest BCUT2D eigenvalue weighted by molar-refractivity contribution is 0.0588. The Morgan fingerprint density at radius 2 is 1.68 bits per heavy atom. The van der Waals surface area contributed by atoms with Gasteiger partial charge in [0.15, 0.2) is 11.4 Å². The summed E-state index contributed by atoms with van der Waals surface area (Å²) in [6.45, 7) is 1.76. The molecule has 3 aliphatic rings. The number of benzene rings is 3. The molecule has 0 fully saturated rings. The Bertz CT molecular complexity index is 1690. The standard InChI is InChI=1S/C34H31N3O4/c38-29-17-18-36-32(33(29)41-22-24-8-2-1-3-9-24)34(39)35-19-21-40-20-7-13-26-11-6-12-27-16-15-25-10-4-5-14-28(25)31(30(26)27)37(36)23-35/h1-14,17-18,31H,15-16,19-23H2/b13-7-/t31-/m1/s1. The summed E-state index contributed by atoms with van der Waals surface area (Å²) in [6.07, 6.45) is 7.76. The maximum absolute atomic E-state index is 14.1. The van der Waals surface area contributed by atoms with Crippen LogP contribution in [0.5, 0.6) is 5.75 Å². The number of pyridine rings is 1. The molecule has 7 nitrogen and oxygen atoms in total. The van der Waals surface area contributed by atoms with Crippen LogP contribution in [0.2, 0.25) is 0 Å². The highest BCUT2D eigenvalue weighted by atomic mass is 16.5. The molecular formula is C34H31N3O4. The first-order valence-electron chi connectivity index (χ1n) is 14.1. The highest BCUT2D eigenvalue weighted by Gasteiger charge is 2.39. The summed E-state index contributed by atoms with van der Waals surface area (Å²) in [4.78, 5) is 29.1. The second-order valence-electron chi connectivity index (χ2n) is 10.6. The molecule has 0 N–H and O–H groups in total. The molecule has 1 aliphatic carbocycles. The second-order valence-corrected chi connectivity index (χ2v) is 10.6.